The number of nitrogens with zero attached hydrogens (tertiary/aromatic N) is 2. The number of rotatable bonds is 8. The normalized spacial score (nSPS) is 12.2. The van der Waals surface area contributed by atoms with E-state index < -0.39 is 0 Å². The number of nitrogens with two attached hydrogens (primary N) is 1. The molecule has 1 heterocycles. The molecule has 3 N–H and O–H groups in total. The summed E-state index contributed by atoms with van der Waals surface area (Å²) in [6.07, 6.45) is 0.807. The average Bonchev–Trinajstić information content (AvgIpc) is 2.81. The number of aromatic nitrogens is 1. The second-order valence-corrected chi connectivity index (χ2v) is 5.39. The van der Waals surface area contributed by atoms with Gasteiger partial charge in [0.05, 0.1) is 12.6 Å². The number of carbonyl (C=O) groups excluding carboxylic acids is 1. The monoisotopic (exact) mass is 300 g/mol. The van der Waals surface area contributed by atoms with Gasteiger partial charge in [0, 0.05) is 20.2 Å². The Morgan fingerprint density at radius 1 is 1.45 bits per heavy atom. The van der Waals surface area contributed by atoms with Gasteiger partial charge in [-0.05, 0) is 20.3 Å². The van der Waals surface area contributed by atoms with Gasteiger partial charge in [0.15, 0.2) is 5.13 Å². The maximum absolute atomic E-state index is 12.2. The first-order valence-corrected chi connectivity index (χ1v) is 7.69. The molecule has 0 spiro atoms. The molecule has 1 amide bonds. The zero-order valence-corrected chi connectivity index (χ0v) is 13.4. The average molecular weight is 300 g/mol. The number of thiazole rings is 1. The number of methoxy groups -OCH3 is 1. The third-order valence-corrected chi connectivity index (χ3v) is 4.21. The van der Waals surface area contributed by atoms with Crippen LogP contribution in [-0.2, 0) is 4.74 Å². The van der Waals surface area contributed by atoms with Gasteiger partial charge in [-0.15, -0.1) is 0 Å². The van der Waals surface area contributed by atoms with E-state index in [1.54, 1.807) is 7.11 Å². The lowest BCUT2D eigenvalue weighted by Gasteiger charge is -2.16. The molecule has 20 heavy (non-hydrogen) atoms. The molecule has 1 rings (SSSR count). The van der Waals surface area contributed by atoms with E-state index in [1.807, 2.05) is 20.8 Å². The fourth-order valence-corrected chi connectivity index (χ4v) is 2.84. The molecule has 1 unspecified atom stereocenters. The summed E-state index contributed by atoms with van der Waals surface area (Å²) in [5, 5.41) is 3.71. The van der Waals surface area contributed by atoms with Crippen LogP contribution in [-0.4, -0.2) is 43.7 Å². The van der Waals surface area contributed by atoms with Crippen LogP contribution in [0.2, 0.25) is 0 Å². The Bertz CT molecular complexity index is 432. The topological polar surface area (TPSA) is 80.5 Å². The summed E-state index contributed by atoms with van der Waals surface area (Å²) in [5.74, 6) is 0.115. The zero-order chi connectivity index (χ0) is 15.1. The number of anilines is 2. The van der Waals surface area contributed by atoms with Gasteiger partial charge in [-0.2, -0.15) is 0 Å². The fourth-order valence-electron chi connectivity index (χ4n) is 1.83. The van der Waals surface area contributed by atoms with Crippen molar-refractivity contribution in [3.05, 3.63) is 4.88 Å². The van der Waals surface area contributed by atoms with Gasteiger partial charge in [-0.3, -0.25) is 4.79 Å². The molecule has 7 heteroatoms. The van der Waals surface area contributed by atoms with Crippen molar-refractivity contribution in [1.82, 2.24) is 10.3 Å². The highest BCUT2D eigenvalue weighted by molar-refractivity contribution is 7.18. The van der Waals surface area contributed by atoms with Crippen LogP contribution in [0.1, 0.15) is 36.9 Å². The second kappa shape index (κ2) is 8.06. The van der Waals surface area contributed by atoms with Crippen molar-refractivity contribution < 1.29 is 9.53 Å². The summed E-state index contributed by atoms with van der Waals surface area (Å²) < 4.78 is 5.07. The molecule has 0 fully saturated rings. The van der Waals surface area contributed by atoms with Gasteiger partial charge in [0.25, 0.3) is 5.91 Å². The SMILES string of the molecule is CCC(COC)NC(=O)c1sc(N(CC)CC)nc1N. The van der Waals surface area contributed by atoms with Crippen LogP contribution >= 0.6 is 11.3 Å². The number of nitrogen functional groups attached to an aromatic ring is 1. The van der Waals surface area contributed by atoms with Gasteiger partial charge < -0.3 is 20.7 Å². The summed E-state index contributed by atoms with van der Waals surface area (Å²) in [5.41, 5.74) is 5.86. The molecule has 0 aromatic carbocycles. The first kappa shape index (κ1) is 16.7. The Kier molecular flexibility index (Phi) is 6.74. The highest BCUT2D eigenvalue weighted by Crippen LogP contribution is 2.28. The second-order valence-electron chi connectivity index (χ2n) is 4.42. The molecule has 1 atom stereocenters. The maximum atomic E-state index is 12.2. The van der Waals surface area contributed by atoms with Crippen molar-refractivity contribution in [2.45, 2.75) is 33.2 Å². The predicted octanol–water partition coefficient (Wildman–Crippen LogP) is 1.73. The smallest absolute Gasteiger partial charge is 0.265 e. The van der Waals surface area contributed by atoms with Crippen molar-refractivity contribution in [2.75, 3.05) is 37.4 Å². The molecular weight excluding hydrogens is 276 g/mol. The highest BCUT2D eigenvalue weighted by atomic mass is 32.1. The summed E-state index contributed by atoms with van der Waals surface area (Å²) >= 11 is 1.33. The molecule has 1 aromatic rings. The van der Waals surface area contributed by atoms with E-state index in [-0.39, 0.29) is 11.9 Å². The summed E-state index contributed by atoms with van der Waals surface area (Å²) in [6, 6.07) is -0.00842. The lowest BCUT2D eigenvalue weighted by Crippen LogP contribution is -2.37. The first-order valence-electron chi connectivity index (χ1n) is 6.88. The van der Waals surface area contributed by atoms with Gasteiger partial charge in [-0.25, -0.2) is 4.98 Å². The largest absolute Gasteiger partial charge is 0.383 e. The number of hydrogen-bond donors (Lipinski definition) is 2. The Morgan fingerprint density at radius 2 is 2.10 bits per heavy atom. The van der Waals surface area contributed by atoms with Gasteiger partial charge in [0.2, 0.25) is 0 Å². The molecule has 0 radical (unpaired) electrons. The van der Waals surface area contributed by atoms with E-state index in [0.717, 1.165) is 24.6 Å². The minimum atomic E-state index is -0.178. The third kappa shape index (κ3) is 4.08. The van der Waals surface area contributed by atoms with E-state index in [9.17, 15) is 4.79 Å². The number of hydrogen-bond acceptors (Lipinski definition) is 6. The molecule has 0 bridgehead atoms. The van der Waals surface area contributed by atoms with Gasteiger partial charge >= 0.3 is 0 Å². The Balaban J connectivity index is 2.83. The quantitative estimate of drug-likeness (QED) is 0.764. The Hall–Kier alpha value is -1.34. The van der Waals surface area contributed by atoms with E-state index in [1.165, 1.54) is 11.3 Å². The number of nitrogens with one attached hydrogen (secondary N) is 1. The van der Waals surface area contributed by atoms with Crippen LogP contribution in [0.4, 0.5) is 10.9 Å². The molecule has 6 nitrogen and oxygen atoms in total. The molecule has 0 aliphatic heterocycles. The molecule has 114 valence electrons. The highest BCUT2D eigenvalue weighted by Gasteiger charge is 2.20. The van der Waals surface area contributed by atoms with Gasteiger partial charge in [-0.1, -0.05) is 18.3 Å². The van der Waals surface area contributed by atoms with Crippen LogP contribution in [0.25, 0.3) is 0 Å². The molecular formula is C13H24N4O2S. The summed E-state index contributed by atoms with van der Waals surface area (Å²) in [7, 11) is 1.62. The maximum Gasteiger partial charge on any atom is 0.265 e. The lowest BCUT2D eigenvalue weighted by molar-refractivity contribution is 0.0899. The van der Waals surface area contributed by atoms with Crippen LogP contribution in [0, 0.1) is 0 Å². The van der Waals surface area contributed by atoms with Crippen LogP contribution in [0.5, 0.6) is 0 Å². The molecule has 0 aliphatic rings. The molecule has 0 saturated heterocycles. The Labute approximate surface area is 124 Å². The minimum absolute atomic E-state index is 0.00842. The summed E-state index contributed by atoms with van der Waals surface area (Å²) in [4.78, 5) is 19.1. The van der Waals surface area contributed by atoms with Gasteiger partial charge in [0.1, 0.15) is 10.7 Å². The fraction of sp³-hybridized carbons (Fsp3) is 0.692. The molecule has 0 saturated carbocycles. The molecule has 0 aliphatic carbocycles. The van der Waals surface area contributed by atoms with E-state index in [0.29, 0.717) is 17.3 Å². The van der Waals surface area contributed by atoms with Crippen molar-refractivity contribution in [1.29, 1.82) is 0 Å². The van der Waals surface area contributed by atoms with Crippen molar-refractivity contribution >= 4 is 28.2 Å². The standard InChI is InChI=1S/C13H24N4O2S/c1-5-9(8-19-4)15-12(18)10-11(14)16-13(20-10)17(6-2)7-3/h9H,5-8,14H2,1-4H3,(H,15,18). The van der Waals surface area contributed by atoms with E-state index in [4.69, 9.17) is 10.5 Å². The Morgan fingerprint density at radius 3 is 2.60 bits per heavy atom. The number of amides is 1. The lowest BCUT2D eigenvalue weighted by atomic mass is 10.2. The predicted molar refractivity (Wildman–Crippen MR) is 83.5 cm³/mol. The first-order chi connectivity index (χ1) is 9.57. The van der Waals surface area contributed by atoms with Crippen molar-refractivity contribution in [3.63, 3.8) is 0 Å². The zero-order valence-electron chi connectivity index (χ0n) is 12.6. The molecule has 1 aromatic heterocycles. The van der Waals surface area contributed by atoms with Crippen LogP contribution in [0.15, 0.2) is 0 Å². The van der Waals surface area contributed by atoms with Crippen molar-refractivity contribution in [3.8, 4) is 0 Å². The summed E-state index contributed by atoms with van der Waals surface area (Å²) in [6.45, 7) is 8.27. The van der Waals surface area contributed by atoms with Crippen LogP contribution in [0.3, 0.4) is 0 Å². The van der Waals surface area contributed by atoms with E-state index in [2.05, 4.69) is 15.2 Å². The van der Waals surface area contributed by atoms with Crippen LogP contribution < -0.4 is 16.0 Å². The number of carbonyl (C=O) groups is 1. The minimum Gasteiger partial charge on any atom is -0.383 e. The van der Waals surface area contributed by atoms with E-state index >= 15 is 0 Å². The third-order valence-electron chi connectivity index (χ3n) is 3.08. The number of ether oxygens (including phenoxy) is 1. The van der Waals surface area contributed by atoms with Crippen molar-refractivity contribution in [2.24, 2.45) is 0 Å².